The van der Waals surface area contributed by atoms with Gasteiger partial charge >= 0.3 is 6.18 Å². The molecule has 0 aliphatic heterocycles. The minimum Gasteiger partial charge on any atom is -0.322 e. The van der Waals surface area contributed by atoms with Gasteiger partial charge in [-0.15, -0.1) is 0 Å². The quantitative estimate of drug-likeness (QED) is 0.845. The van der Waals surface area contributed by atoms with Gasteiger partial charge in [-0.05, 0) is 17.7 Å². The second-order valence-electron chi connectivity index (χ2n) is 4.82. The molecule has 0 fully saturated rings. The van der Waals surface area contributed by atoms with E-state index in [1.807, 2.05) is 17.4 Å². The summed E-state index contributed by atoms with van der Waals surface area (Å²) in [7, 11) is 0. The number of benzene rings is 1. The number of rotatable bonds is 6. The maximum Gasteiger partial charge on any atom is 0.401 e. The van der Waals surface area contributed by atoms with Crippen molar-refractivity contribution in [1.82, 2.24) is 15.1 Å². The number of hydrogen-bond donors (Lipinski definition) is 2. The third-order valence-corrected chi connectivity index (χ3v) is 3.04. The first-order valence-electron chi connectivity index (χ1n) is 6.66. The van der Waals surface area contributed by atoms with E-state index in [1.165, 1.54) is 6.20 Å². The fourth-order valence-corrected chi connectivity index (χ4v) is 1.94. The molecule has 0 saturated heterocycles. The Morgan fingerprint density at radius 1 is 1.26 bits per heavy atom. The molecule has 124 valence electrons. The molecule has 1 heterocycles. The van der Waals surface area contributed by atoms with Crippen molar-refractivity contribution in [2.24, 2.45) is 0 Å². The van der Waals surface area contributed by atoms with E-state index < -0.39 is 25.2 Å². The summed E-state index contributed by atoms with van der Waals surface area (Å²) in [5.41, 5.74) is 1.39. The van der Waals surface area contributed by atoms with Crippen LogP contribution in [0.15, 0.2) is 36.7 Å². The minimum atomic E-state index is -4.34. The number of hydrogen-bond acceptors (Lipinski definition) is 3. The highest BCUT2D eigenvalue weighted by Gasteiger charge is 2.26. The molecule has 9 heteroatoms. The Hall–Kier alpha value is -2.06. The van der Waals surface area contributed by atoms with Gasteiger partial charge in [0.2, 0.25) is 5.91 Å². The molecule has 0 unspecified atom stereocenters. The highest BCUT2D eigenvalue weighted by Crippen LogP contribution is 2.13. The van der Waals surface area contributed by atoms with Crippen molar-refractivity contribution in [2.45, 2.75) is 12.7 Å². The molecule has 2 rings (SSSR count). The first-order valence-corrected chi connectivity index (χ1v) is 7.04. The topological polar surface area (TPSA) is 59.0 Å². The van der Waals surface area contributed by atoms with Crippen LogP contribution in [0, 0.1) is 0 Å². The van der Waals surface area contributed by atoms with Crippen LogP contribution in [0.3, 0.4) is 0 Å². The Morgan fingerprint density at radius 3 is 2.61 bits per heavy atom. The van der Waals surface area contributed by atoms with E-state index in [0.29, 0.717) is 17.3 Å². The summed E-state index contributed by atoms with van der Waals surface area (Å²) in [6.07, 6.45) is -1.32. The number of carbonyl (C=O) groups is 1. The van der Waals surface area contributed by atoms with Gasteiger partial charge in [-0.1, -0.05) is 23.7 Å². The van der Waals surface area contributed by atoms with Crippen molar-refractivity contribution < 1.29 is 18.0 Å². The third-order valence-electron chi connectivity index (χ3n) is 2.79. The molecule has 0 aliphatic rings. The van der Waals surface area contributed by atoms with Crippen molar-refractivity contribution in [3.63, 3.8) is 0 Å². The monoisotopic (exact) mass is 346 g/mol. The lowest BCUT2D eigenvalue weighted by atomic mass is 10.2. The predicted octanol–water partition coefficient (Wildman–Crippen LogP) is 2.68. The lowest BCUT2D eigenvalue weighted by Crippen LogP contribution is -2.35. The van der Waals surface area contributed by atoms with Gasteiger partial charge in [-0.25, -0.2) is 0 Å². The van der Waals surface area contributed by atoms with E-state index in [1.54, 1.807) is 23.0 Å². The van der Waals surface area contributed by atoms with Crippen LogP contribution in [-0.4, -0.2) is 35.0 Å². The molecule has 2 N–H and O–H groups in total. The summed E-state index contributed by atoms with van der Waals surface area (Å²) in [6.45, 7) is -1.16. The van der Waals surface area contributed by atoms with Gasteiger partial charge in [-0.2, -0.15) is 18.3 Å². The number of halogens is 4. The van der Waals surface area contributed by atoms with Crippen LogP contribution in [0.5, 0.6) is 0 Å². The standard InChI is InChI=1S/C14H14ClF3N4O/c15-11-3-1-10(2-4-11)7-22-8-12(5-20-22)21-13(23)6-19-9-14(16,17)18/h1-5,8,19H,6-7,9H2,(H,21,23). The lowest BCUT2D eigenvalue weighted by Gasteiger charge is -2.07. The molecular weight excluding hydrogens is 333 g/mol. The van der Waals surface area contributed by atoms with Gasteiger partial charge in [-0.3, -0.25) is 9.48 Å². The van der Waals surface area contributed by atoms with Crippen LogP contribution < -0.4 is 10.6 Å². The number of alkyl halides is 3. The van der Waals surface area contributed by atoms with Crippen LogP contribution in [-0.2, 0) is 11.3 Å². The zero-order valence-electron chi connectivity index (χ0n) is 11.9. The smallest absolute Gasteiger partial charge is 0.322 e. The van der Waals surface area contributed by atoms with Crippen molar-refractivity contribution in [3.8, 4) is 0 Å². The van der Waals surface area contributed by atoms with Gasteiger partial charge in [0.15, 0.2) is 0 Å². The Kier molecular flexibility index (Phi) is 5.62. The van der Waals surface area contributed by atoms with E-state index in [9.17, 15) is 18.0 Å². The van der Waals surface area contributed by atoms with Crippen LogP contribution in [0.2, 0.25) is 5.02 Å². The van der Waals surface area contributed by atoms with Crippen LogP contribution in [0.1, 0.15) is 5.56 Å². The summed E-state index contributed by atoms with van der Waals surface area (Å²) in [5, 5.41) is 9.20. The Labute approximate surface area is 135 Å². The average molecular weight is 347 g/mol. The fourth-order valence-electron chi connectivity index (χ4n) is 1.81. The number of aromatic nitrogens is 2. The van der Waals surface area contributed by atoms with E-state index in [4.69, 9.17) is 11.6 Å². The van der Waals surface area contributed by atoms with Gasteiger partial charge in [0, 0.05) is 11.2 Å². The summed E-state index contributed by atoms with van der Waals surface area (Å²) in [6, 6.07) is 7.22. The van der Waals surface area contributed by atoms with Crippen molar-refractivity contribution in [1.29, 1.82) is 0 Å². The van der Waals surface area contributed by atoms with Gasteiger partial charge < -0.3 is 10.6 Å². The maximum absolute atomic E-state index is 12.0. The largest absolute Gasteiger partial charge is 0.401 e. The highest BCUT2D eigenvalue weighted by atomic mass is 35.5. The number of nitrogens with one attached hydrogen (secondary N) is 2. The third kappa shape index (κ3) is 6.29. The van der Waals surface area contributed by atoms with Crippen molar-refractivity contribution in [3.05, 3.63) is 47.2 Å². The van der Waals surface area contributed by atoms with Gasteiger partial charge in [0.25, 0.3) is 0 Å². The summed E-state index contributed by atoms with van der Waals surface area (Å²) < 4.78 is 37.5. The molecule has 0 bridgehead atoms. The van der Waals surface area contributed by atoms with Crippen LogP contribution >= 0.6 is 11.6 Å². The van der Waals surface area contributed by atoms with E-state index in [-0.39, 0.29) is 0 Å². The zero-order valence-corrected chi connectivity index (χ0v) is 12.7. The SMILES string of the molecule is O=C(CNCC(F)(F)F)Nc1cnn(Cc2ccc(Cl)cc2)c1. The van der Waals surface area contributed by atoms with Crippen LogP contribution in [0.4, 0.5) is 18.9 Å². The number of amides is 1. The number of anilines is 1. The normalized spacial score (nSPS) is 11.5. The van der Waals surface area contributed by atoms with E-state index in [0.717, 1.165) is 5.56 Å². The Balaban J connectivity index is 1.82. The van der Waals surface area contributed by atoms with Gasteiger partial charge in [0.1, 0.15) is 0 Å². The van der Waals surface area contributed by atoms with Crippen LogP contribution in [0.25, 0.3) is 0 Å². The van der Waals surface area contributed by atoms with Crippen molar-refractivity contribution >= 4 is 23.2 Å². The number of carbonyl (C=O) groups excluding carboxylic acids is 1. The second kappa shape index (κ2) is 7.47. The Morgan fingerprint density at radius 2 is 1.96 bits per heavy atom. The first kappa shape index (κ1) is 17.3. The van der Waals surface area contributed by atoms with Gasteiger partial charge in [0.05, 0.1) is 31.5 Å². The molecular formula is C14H14ClF3N4O. The highest BCUT2D eigenvalue weighted by molar-refractivity contribution is 6.30. The Bertz CT molecular complexity index is 655. The fraction of sp³-hybridized carbons (Fsp3) is 0.286. The molecule has 23 heavy (non-hydrogen) atoms. The molecule has 0 radical (unpaired) electrons. The van der Waals surface area contributed by atoms with Crippen molar-refractivity contribution in [2.75, 3.05) is 18.4 Å². The molecule has 1 aromatic carbocycles. The summed E-state index contributed by atoms with van der Waals surface area (Å²) in [4.78, 5) is 11.5. The molecule has 2 aromatic rings. The molecule has 1 aromatic heterocycles. The zero-order chi connectivity index (χ0) is 16.9. The molecule has 0 aliphatic carbocycles. The molecule has 0 atom stereocenters. The minimum absolute atomic E-state index is 0.415. The molecule has 1 amide bonds. The second-order valence-corrected chi connectivity index (χ2v) is 5.26. The molecule has 5 nitrogen and oxygen atoms in total. The lowest BCUT2D eigenvalue weighted by molar-refractivity contribution is -0.126. The number of nitrogens with zero attached hydrogens (tertiary/aromatic N) is 2. The maximum atomic E-state index is 12.0. The average Bonchev–Trinajstić information content (AvgIpc) is 2.87. The first-order chi connectivity index (χ1) is 10.8. The van der Waals surface area contributed by atoms with E-state index in [2.05, 4.69) is 10.4 Å². The van der Waals surface area contributed by atoms with E-state index >= 15 is 0 Å². The predicted molar refractivity (Wildman–Crippen MR) is 80.3 cm³/mol. The molecule has 0 saturated carbocycles. The summed E-state index contributed by atoms with van der Waals surface area (Å²) in [5.74, 6) is -0.569. The molecule has 0 spiro atoms. The summed E-state index contributed by atoms with van der Waals surface area (Å²) >= 11 is 5.80.